The first-order valence-electron chi connectivity index (χ1n) is 6.15. The number of H-pyrrole nitrogens is 1. The Hall–Kier alpha value is -2.21. The van der Waals surface area contributed by atoms with Gasteiger partial charge in [-0.1, -0.05) is 18.2 Å². The normalized spacial score (nSPS) is 11.0. The Morgan fingerprint density at radius 1 is 1.38 bits per heavy atom. The monoisotopic (exact) mass is 348 g/mol. The van der Waals surface area contributed by atoms with E-state index >= 15 is 0 Å². The predicted molar refractivity (Wildman–Crippen MR) is 80.9 cm³/mol. The number of rotatable bonds is 2. The van der Waals surface area contributed by atoms with Gasteiger partial charge in [-0.25, -0.2) is 14.2 Å². The average Bonchev–Trinajstić information content (AvgIpc) is 2.83. The molecule has 2 aromatic carbocycles. The number of hydrogen-bond acceptors (Lipinski definition) is 2. The van der Waals surface area contributed by atoms with Gasteiger partial charge in [0.25, 0.3) is 0 Å². The van der Waals surface area contributed by atoms with Crippen LogP contribution in [0.5, 0.6) is 0 Å². The van der Waals surface area contributed by atoms with E-state index in [-0.39, 0.29) is 5.56 Å². The van der Waals surface area contributed by atoms with Gasteiger partial charge < -0.3 is 10.1 Å². The molecule has 3 rings (SSSR count). The second kappa shape index (κ2) is 4.96. The zero-order valence-corrected chi connectivity index (χ0v) is 12.5. The molecule has 0 atom stereocenters. The van der Waals surface area contributed by atoms with Crippen molar-refractivity contribution in [2.24, 2.45) is 0 Å². The van der Waals surface area contributed by atoms with Crippen LogP contribution in [0.1, 0.15) is 15.9 Å². The van der Waals surface area contributed by atoms with Gasteiger partial charge in [0, 0.05) is 16.1 Å². The van der Waals surface area contributed by atoms with Crippen molar-refractivity contribution < 1.29 is 14.3 Å². The van der Waals surface area contributed by atoms with E-state index < -0.39 is 11.8 Å². The first kappa shape index (κ1) is 13.8. The maximum absolute atomic E-state index is 13.7. The molecule has 0 unspecified atom stereocenters. The lowest BCUT2D eigenvalue weighted by atomic mass is 10.1. The number of benzene rings is 2. The molecule has 6 heteroatoms. The highest BCUT2D eigenvalue weighted by molar-refractivity contribution is 9.10. The predicted octanol–water partition coefficient (Wildman–Crippen LogP) is 4.14. The van der Waals surface area contributed by atoms with E-state index in [1.165, 1.54) is 6.07 Å². The third-order valence-electron chi connectivity index (χ3n) is 3.25. The fourth-order valence-corrected chi connectivity index (χ4v) is 2.60. The van der Waals surface area contributed by atoms with E-state index in [9.17, 15) is 9.18 Å². The van der Waals surface area contributed by atoms with Gasteiger partial charge in [-0.2, -0.15) is 0 Å². The Kier molecular flexibility index (Phi) is 3.25. The van der Waals surface area contributed by atoms with Crippen LogP contribution in [0.4, 0.5) is 4.39 Å². The number of aromatic amines is 1. The summed E-state index contributed by atoms with van der Waals surface area (Å²) in [5, 5.41) is 8.94. The molecule has 4 nitrogen and oxygen atoms in total. The van der Waals surface area contributed by atoms with Gasteiger partial charge in [0.05, 0.1) is 16.6 Å². The lowest BCUT2D eigenvalue weighted by Crippen LogP contribution is -1.99. The number of aromatic nitrogens is 2. The lowest BCUT2D eigenvalue weighted by molar-refractivity contribution is 0.0692. The van der Waals surface area contributed by atoms with Crippen molar-refractivity contribution in [1.82, 2.24) is 9.97 Å². The summed E-state index contributed by atoms with van der Waals surface area (Å²) in [7, 11) is 0. The number of carboxylic acids is 1. The molecule has 1 heterocycles. The minimum atomic E-state index is -1.31. The van der Waals surface area contributed by atoms with E-state index in [0.29, 0.717) is 16.9 Å². The molecule has 0 saturated carbocycles. The topological polar surface area (TPSA) is 66.0 Å². The molecule has 1 aromatic heterocycles. The van der Waals surface area contributed by atoms with Gasteiger partial charge in [0.15, 0.2) is 0 Å². The standard InChI is InChI=1S/C15H10BrFN2O2/c1-7-3-2-4-8(13(7)16)14-18-11-5-9(15(20)21)10(17)6-12(11)19-14/h2-6H,1H3,(H,18,19)(H,20,21). The molecule has 106 valence electrons. The molecule has 0 fully saturated rings. The fraction of sp³-hybridized carbons (Fsp3) is 0.0667. The smallest absolute Gasteiger partial charge is 0.338 e. The number of imidazole rings is 1. The first-order chi connectivity index (χ1) is 9.97. The molecule has 0 spiro atoms. The van der Waals surface area contributed by atoms with Crippen molar-refractivity contribution in [3.8, 4) is 11.4 Å². The summed E-state index contributed by atoms with van der Waals surface area (Å²) >= 11 is 3.50. The van der Waals surface area contributed by atoms with E-state index in [1.54, 1.807) is 0 Å². The number of hydrogen-bond donors (Lipinski definition) is 2. The van der Waals surface area contributed by atoms with Crippen molar-refractivity contribution in [2.75, 3.05) is 0 Å². The largest absolute Gasteiger partial charge is 0.478 e. The van der Waals surface area contributed by atoms with Crippen molar-refractivity contribution in [1.29, 1.82) is 0 Å². The molecule has 2 N–H and O–H groups in total. The number of aryl methyl sites for hydroxylation is 1. The summed E-state index contributed by atoms with van der Waals surface area (Å²) < 4.78 is 14.6. The van der Waals surface area contributed by atoms with Crippen LogP contribution in [-0.2, 0) is 0 Å². The minimum absolute atomic E-state index is 0.385. The third-order valence-corrected chi connectivity index (χ3v) is 4.30. The summed E-state index contributed by atoms with van der Waals surface area (Å²) in [4.78, 5) is 18.3. The molecule has 0 radical (unpaired) electrons. The summed E-state index contributed by atoms with van der Waals surface area (Å²) in [6, 6.07) is 8.11. The summed E-state index contributed by atoms with van der Waals surface area (Å²) in [5.74, 6) is -1.54. The van der Waals surface area contributed by atoms with Crippen LogP contribution in [0.15, 0.2) is 34.8 Å². The van der Waals surface area contributed by atoms with Gasteiger partial charge in [0.2, 0.25) is 0 Å². The molecule has 0 bridgehead atoms. The second-order valence-electron chi connectivity index (χ2n) is 4.68. The number of aromatic carboxylic acids is 1. The Labute approximate surface area is 127 Å². The number of nitrogens with one attached hydrogen (secondary N) is 1. The van der Waals surface area contributed by atoms with Crippen LogP contribution in [0.25, 0.3) is 22.4 Å². The molecule has 0 amide bonds. The third kappa shape index (κ3) is 2.31. The van der Waals surface area contributed by atoms with Gasteiger partial charge >= 0.3 is 5.97 Å². The Morgan fingerprint density at radius 3 is 2.86 bits per heavy atom. The van der Waals surface area contributed by atoms with Crippen LogP contribution in [0.3, 0.4) is 0 Å². The van der Waals surface area contributed by atoms with E-state index in [2.05, 4.69) is 25.9 Å². The highest BCUT2D eigenvalue weighted by atomic mass is 79.9. The van der Waals surface area contributed by atoms with Crippen molar-refractivity contribution in [2.45, 2.75) is 6.92 Å². The van der Waals surface area contributed by atoms with Crippen LogP contribution in [0.2, 0.25) is 0 Å². The van der Waals surface area contributed by atoms with Crippen LogP contribution in [-0.4, -0.2) is 21.0 Å². The fourth-order valence-electron chi connectivity index (χ4n) is 2.15. The molecule has 0 aliphatic rings. The molecule has 0 aliphatic carbocycles. The highest BCUT2D eigenvalue weighted by Crippen LogP contribution is 2.30. The number of fused-ring (bicyclic) bond motifs is 1. The highest BCUT2D eigenvalue weighted by Gasteiger charge is 2.15. The Bertz CT molecular complexity index is 873. The summed E-state index contributed by atoms with van der Waals surface area (Å²) in [5.41, 5.74) is 2.37. The van der Waals surface area contributed by atoms with Crippen molar-refractivity contribution >= 4 is 32.9 Å². The van der Waals surface area contributed by atoms with Crippen LogP contribution >= 0.6 is 15.9 Å². The van der Waals surface area contributed by atoms with Gasteiger partial charge in [-0.15, -0.1) is 0 Å². The molecule has 0 aliphatic heterocycles. The van der Waals surface area contributed by atoms with E-state index in [4.69, 9.17) is 5.11 Å². The van der Waals surface area contributed by atoms with E-state index in [0.717, 1.165) is 21.7 Å². The van der Waals surface area contributed by atoms with Gasteiger partial charge in [-0.05, 0) is 34.5 Å². The SMILES string of the molecule is Cc1cccc(-c2nc3cc(C(=O)O)c(F)cc3[nH]2)c1Br. The van der Waals surface area contributed by atoms with Gasteiger partial charge in [-0.3, -0.25) is 0 Å². The zero-order valence-electron chi connectivity index (χ0n) is 10.9. The molecule has 0 saturated heterocycles. The lowest BCUT2D eigenvalue weighted by Gasteiger charge is -2.03. The Balaban J connectivity index is 2.22. The number of carbonyl (C=O) groups is 1. The van der Waals surface area contributed by atoms with Crippen molar-refractivity contribution in [3.05, 3.63) is 51.7 Å². The van der Waals surface area contributed by atoms with Crippen LogP contribution < -0.4 is 0 Å². The van der Waals surface area contributed by atoms with Crippen LogP contribution in [0, 0.1) is 12.7 Å². The maximum atomic E-state index is 13.7. The minimum Gasteiger partial charge on any atom is -0.478 e. The van der Waals surface area contributed by atoms with Gasteiger partial charge in [0.1, 0.15) is 11.6 Å². The van der Waals surface area contributed by atoms with E-state index in [1.807, 2.05) is 25.1 Å². The molecule has 21 heavy (non-hydrogen) atoms. The zero-order chi connectivity index (χ0) is 15.1. The second-order valence-corrected chi connectivity index (χ2v) is 5.47. The summed E-state index contributed by atoms with van der Waals surface area (Å²) in [6.07, 6.45) is 0. The Morgan fingerprint density at radius 2 is 2.14 bits per heavy atom. The number of nitrogens with zero attached hydrogens (tertiary/aromatic N) is 1. The number of halogens is 2. The number of carboxylic acid groups (broad SMARTS) is 1. The first-order valence-corrected chi connectivity index (χ1v) is 6.94. The molecular weight excluding hydrogens is 339 g/mol. The molecular formula is C15H10BrFN2O2. The maximum Gasteiger partial charge on any atom is 0.338 e. The average molecular weight is 349 g/mol. The summed E-state index contributed by atoms with van der Waals surface area (Å²) in [6.45, 7) is 1.96. The van der Waals surface area contributed by atoms with Crippen molar-refractivity contribution in [3.63, 3.8) is 0 Å². The quantitative estimate of drug-likeness (QED) is 0.731. The molecule has 3 aromatic rings.